The molecular weight excluding hydrogens is 496 g/mol. The molecule has 0 fully saturated rings. The zero-order valence-corrected chi connectivity index (χ0v) is 22.3. The highest BCUT2D eigenvalue weighted by atomic mass is 32.1. The Labute approximate surface area is 226 Å². The fraction of sp³-hybridized carbons (Fsp3) is 0.161. The monoisotopic (exact) mass is 524 g/mol. The van der Waals surface area contributed by atoms with Crippen molar-refractivity contribution in [1.82, 2.24) is 4.90 Å². The highest BCUT2D eigenvalue weighted by molar-refractivity contribution is 7.80. The van der Waals surface area contributed by atoms with Crippen molar-refractivity contribution in [2.24, 2.45) is 0 Å². The quantitative estimate of drug-likeness (QED) is 0.194. The van der Waals surface area contributed by atoms with Crippen molar-refractivity contribution in [3.63, 3.8) is 0 Å². The number of carboxylic acids is 1. The number of rotatable bonds is 7. The second-order valence-corrected chi connectivity index (χ2v) is 10.1. The minimum absolute atomic E-state index is 0.132. The van der Waals surface area contributed by atoms with E-state index in [-0.39, 0.29) is 11.0 Å². The molecule has 192 valence electrons. The number of nitrogens with zero attached hydrogens (tertiary/aromatic N) is 2. The van der Waals surface area contributed by atoms with Crippen LogP contribution < -0.4 is 10.3 Å². The number of carboxylic acid groups (broad SMARTS) is 1. The van der Waals surface area contributed by atoms with E-state index in [1.165, 1.54) is 6.07 Å². The van der Waals surface area contributed by atoms with Crippen LogP contribution in [0.4, 0.5) is 5.69 Å². The van der Waals surface area contributed by atoms with Gasteiger partial charge in [0.15, 0.2) is 5.43 Å². The molecule has 1 aliphatic carbocycles. The topological polar surface area (TPSA) is 74.0 Å². The van der Waals surface area contributed by atoms with Gasteiger partial charge in [0.2, 0.25) is 0 Å². The molecule has 1 heterocycles. The predicted molar refractivity (Wildman–Crippen MR) is 155 cm³/mol. The second kappa shape index (κ2) is 10.4. The number of anilines is 1. The summed E-state index contributed by atoms with van der Waals surface area (Å²) in [6, 6.07) is 24.0. The Morgan fingerprint density at radius 1 is 0.868 bits per heavy atom. The maximum Gasteiger partial charge on any atom is 0.336 e. The van der Waals surface area contributed by atoms with Gasteiger partial charge in [0, 0.05) is 72.0 Å². The maximum atomic E-state index is 13.2. The molecule has 3 aromatic rings. The van der Waals surface area contributed by atoms with Crippen LogP contribution in [0.3, 0.4) is 0 Å². The van der Waals surface area contributed by atoms with Crippen molar-refractivity contribution in [2.75, 3.05) is 26.0 Å². The lowest BCUT2D eigenvalue weighted by atomic mass is 9.89. The second-order valence-electron chi connectivity index (χ2n) is 9.66. The van der Waals surface area contributed by atoms with Gasteiger partial charge in [0.05, 0.1) is 5.56 Å². The molecule has 0 amide bonds. The highest BCUT2D eigenvalue weighted by Crippen LogP contribution is 2.42. The summed E-state index contributed by atoms with van der Waals surface area (Å²) in [5.74, 6) is -0.598. The molecule has 0 unspecified atom stereocenters. The predicted octanol–water partition coefficient (Wildman–Crippen LogP) is 6.25. The van der Waals surface area contributed by atoms with Crippen molar-refractivity contribution in [1.29, 1.82) is 0 Å². The third-order valence-corrected chi connectivity index (χ3v) is 7.14. The molecule has 0 saturated carbocycles. The van der Waals surface area contributed by atoms with Gasteiger partial charge in [0.1, 0.15) is 11.3 Å². The Bertz CT molecular complexity index is 1690. The minimum Gasteiger partial charge on any atom is -0.478 e. The van der Waals surface area contributed by atoms with Crippen LogP contribution in [0, 0.1) is 0 Å². The lowest BCUT2D eigenvalue weighted by molar-refractivity contribution is 0.0697. The fourth-order valence-corrected chi connectivity index (χ4v) is 5.04. The summed E-state index contributed by atoms with van der Waals surface area (Å²) in [5.41, 5.74) is 5.24. The summed E-state index contributed by atoms with van der Waals surface area (Å²) < 4.78 is 6.25. The lowest BCUT2D eigenvalue weighted by Gasteiger charge is -2.21. The number of hydrogen-bond donors (Lipinski definition) is 2. The Balaban J connectivity index is 1.71. The molecule has 0 radical (unpaired) electrons. The van der Waals surface area contributed by atoms with E-state index >= 15 is 0 Å². The number of hydrogen-bond acceptors (Lipinski definition) is 6. The standard InChI is InChI=1S/C31H28N2O4S/c1-32(2)21-12-13-24-27(15-21)37-28-16-26(34)20(18-33(3)17-19-8-4-7-11-29(19)38)14-25(28)30(24)22-9-5-6-10-23(22)31(35)36/h4-16,38H,17-18H2,1-3H3,(H,35,36). The van der Waals surface area contributed by atoms with Crippen LogP contribution in [0.2, 0.25) is 0 Å². The van der Waals surface area contributed by atoms with Crippen LogP contribution in [-0.4, -0.2) is 37.1 Å². The van der Waals surface area contributed by atoms with Gasteiger partial charge >= 0.3 is 5.97 Å². The first-order valence-corrected chi connectivity index (χ1v) is 12.7. The van der Waals surface area contributed by atoms with Gasteiger partial charge in [-0.15, -0.1) is 12.6 Å². The molecule has 6 nitrogen and oxygen atoms in total. The molecule has 0 spiro atoms. The van der Waals surface area contributed by atoms with E-state index in [2.05, 4.69) is 17.5 Å². The summed E-state index contributed by atoms with van der Waals surface area (Å²) in [5, 5.41) is 10.8. The molecule has 3 aromatic carbocycles. The van der Waals surface area contributed by atoms with Crippen LogP contribution in [0.1, 0.15) is 21.5 Å². The van der Waals surface area contributed by atoms with E-state index in [0.717, 1.165) is 27.1 Å². The van der Waals surface area contributed by atoms with E-state index in [0.29, 0.717) is 41.1 Å². The van der Waals surface area contributed by atoms with Gasteiger partial charge < -0.3 is 14.4 Å². The summed E-state index contributed by atoms with van der Waals surface area (Å²) in [7, 11) is 5.83. The van der Waals surface area contributed by atoms with E-state index in [1.54, 1.807) is 18.2 Å². The normalized spacial score (nSPS) is 11.4. The number of benzene rings is 4. The van der Waals surface area contributed by atoms with Crippen molar-refractivity contribution in [3.05, 3.63) is 106 Å². The molecule has 2 aliphatic rings. The zero-order chi connectivity index (χ0) is 27.0. The van der Waals surface area contributed by atoms with E-state index in [4.69, 9.17) is 4.42 Å². The zero-order valence-electron chi connectivity index (χ0n) is 21.4. The Morgan fingerprint density at radius 2 is 1.58 bits per heavy atom. The maximum absolute atomic E-state index is 13.2. The molecule has 5 rings (SSSR count). The van der Waals surface area contributed by atoms with Crippen molar-refractivity contribution < 1.29 is 14.3 Å². The van der Waals surface area contributed by atoms with Crippen molar-refractivity contribution in [2.45, 2.75) is 18.0 Å². The minimum atomic E-state index is -1.02. The van der Waals surface area contributed by atoms with Crippen molar-refractivity contribution in [3.8, 4) is 22.5 Å². The molecule has 0 saturated heterocycles. The molecule has 38 heavy (non-hydrogen) atoms. The van der Waals surface area contributed by atoms with Crippen molar-refractivity contribution >= 4 is 35.3 Å². The van der Waals surface area contributed by atoms with Gasteiger partial charge in [-0.3, -0.25) is 9.69 Å². The fourth-order valence-electron chi connectivity index (χ4n) is 4.81. The molecule has 7 heteroatoms. The highest BCUT2D eigenvalue weighted by Gasteiger charge is 2.23. The van der Waals surface area contributed by atoms with Crippen LogP contribution >= 0.6 is 12.6 Å². The van der Waals surface area contributed by atoms with E-state index < -0.39 is 5.97 Å². The molecule has 1 aliphatic heterocycles. The van der Waals surface area contributed by atoms with Crippen LogP contribution in [-0.2, 0) is 13.1 Å². The first-order chi connectivity index (χ1) is 18.2. The Kier molecular flexibility index (Phi) is 6.97. The average molecular weight is 525 g/mol. The van der Waals surface area contributed by atoms with E-state index in [9.17, 15) is 14.7 Å². The van der Waals surface area contributed by atoms with Gasteiger partial charge in [-0.05, 0) is 48.5 Å². The number of thiol groups is 1. The smallest absolute Gasteiger partial charge is 0.336 e. The van der Waals surface area contributed by atoms with Crippen LogP contribution in [0.5, 0.6) is 0 Å². The average Bonchev–Trinajstić information content (AvgIpc) is 2.89. The van der Waals surface area contributed by atoms with Crippen LogP contribution in [0.15, 0.2) is 93.0 Å². The number of carbonyl (C=O) groups is 1. The van der Waals surface area contributed by atoms with Gasteiger partial charge in [-0.2, -0.15) is 0 Å². The Hall–Kier alpha value is -4.07. The molecule has 0 atom stereocenters. The number of fused-ring (bicyclic) bond motifs is 2. The van der Waals surface area contributed by atoms with Gasteiger partial charge in [0.25, 0.3) is 0 Å². The summed E-state index contributed by atoms with van der Waals surface area (Å²) in [6.07, 6.45) is 0. The van der Waals surface area contributed by atoms with Crippen LogP contribution in [0.25, 0.3) is 33.4 Å². The van der Waals surface area contributed by atoms with E-state index in [1.807, 2.05) is 80.6 Å². The number of aromatic carboxylic acids is 1. The van der Waals surface area contributed by atoms with Gasteiger partial charge in [-0.25, -0.2) is 4.79 Å². The SMILES string of the molecule is CN(Cc1ccccc1S)Cc1cc2c(-c3ccccc3C(=O)O)c3ccc(N(C)C)cc3oc-2cc1=O. The summed E-state index contributed by atoms with van der Waals surface area (Å²) >= 11 is 4.55. The lowest BCUT2D eigenvalue weighted by Crippen LogP contribution is -2.22. The third kappa shape index (κ3) is 4.90. The molecule has 0 aromatic heterocycles. The third-order valence-electron chi connectivity index (χ3n) is 6.70. The van der Waals surface area contributed by atoms with Gasteiger partial charge in [-0.1, -0.05) is 36.4 Å². The Morgan fingerprint density at radius 3 is 2.32 bits per heavy atom. The molecule has 0 bridgehead atoms. The summed E-state index contributed by atoms with van der Waals surface area (Å²) in [4.78, 5) is 30.3. The largest absolute Gasteiger partial charge is 0.478 e. The molecular formula is C31H28N2O4S. The molecule has 1 N–H and O–H groups in total. The first-order valence-electron chi connectivity index (χ1n) is 12.2. The first kappa shape index (κ1) is 25.6. The summed E-state index contributed by atoms with van der Waals surface area (Å²) in [6.45, 7) is 1.04.